The minimum atomic E-state index is 0.756. The van der Waals surface area contributed by atoms with Crippen LogP contribution in [0, 0.1) is 0 Å². The van der Waals surface area contributed by atoms with Gasteiger partial charge in [-0.25, -0.2) is 0 Å². The van der Waals surface area contributed by atoms with Gasteiger partial charge < -0.3 is 14.6 Å². The molecule has 4 heteroatoms. The van der Waals surface area contributed by atoms with E-state index >= 15 is 0 Å². The van der Waals surface area contributed by atoms with Crippen LogP contribution >= 0.6 is 11.3 Å². The Morgan fingerprint density at radius 1 is 1.35 bits per heavy atom. The van der Waals surface area contributed by atoms with Crippen LogP contribution in [0.3, 0.4) is 0 Å². The molecule has 3 nitrogen and oxygen atoms in total. The maximum Gasteiger partial charge on any atom is 0.0587 e. The maximum atomic E-state index is 5.01. The summed E-state index contributed by atoms with van der Waals surface area (Å²) in [5.74, 6) is 0. The van der Waals surface area contributed by atoms with E-state index in [1.807, 2.05) is 0 Å². The van der Waals surface area contributed by atoms with Gasteiger partial charge in [0.2, 0.25) is 0 Å². The van der Waals surface area contributed by atoms with Crippen molar-refractivity contribution < 1.29 is 4.74 Å². The molecule has 0 spiro atoms. The molecule has 0 amide bonds. The molecule has 0 bridgehead atoms. The first-order valence-corrected chi connectivity index (χ1v) is 6.64. The van der Waals surface area contributed by atoms with Gasteiger partial charge in [0.05, 0.1) is 13.2 Å². The van der Waals surface area contributed by atoms with Crippen molar-refractivity contribution in [3.63, 3.8) is 0 Å². The number of ether oxygens (including phenoxy) is 1. The Bertz CT molecular complexity index is 422. The van der Waals surface area contributed by atoms with Gasteiger partial charge in [0.25, 0.3) is 0 Å². The fourth-order valence-corrected chi connectivity index (χ4v) is 2.43. The number of rotatable bonds is 7. The lowest BCUT2D eigenvalue weighted by atomic mass is 10.4. The van der Waals surface area contributed by atoms with Crippen molar-refractivity contribution in [3.8, 4) is 0 Å². The Balaban J connectivity index is 1.88. The van der Waals surface area contributed by atoms with Crippen LogP contribution in [0.5, 0.6) is 0 Å². The molecule has 0 unspecified atom stereocenters. The van der Waals surface area contributed by atoms with Crippen molar-refractivity contribution in [2.75, 3.05) is 20.3 Å². The number of methoxy groups -OCH3 is 1. The molecular weight excluding hydrogens is 232 g/mol. The van der Waals surface area contributed by atoms with E-state index in [2.05, 4.69) is 45.7 Å². The molecule has 2 aromatic heterocycles. The zero-order chi connectivity index (χ0) is 11.9. The van der Waals surface area contributed by atoms with Crippen molar-refractivity contribution in [3.05, 3.63) is 46.4 Å². The zero-order valence-corrected chi connectivity index (χ0v) is 10.9. The lowest BCUT2D eigenvalue weighted by Gasteiger charge is -2.09. The van der Waals surface area contributed by atoms with Crippen molar-refractivity contribution in [1.82, 2.24) is 9.88 Å². The van der Waals surface area contributed by atoms with Gasteiger partial charge in [-0.3, -0.25) is 0 Å². The van der Waals surface area contributed by atoms with E-state index in [4.69, 9.17) is 4.74 Å². The van der Waals surface area contributed by atoms with Gasteiger partial charge in [-0.2, -0.15) is 0 Å². The van der Waals surface area contributed by atoms with E-state index in [1.54, 1.807) is 18.4 Å². The highest BCUT2D eigenvalue weighted by Gasteiger charge is 2.01. The Morgan fingerprint density at radius 3 is 3.06 bits per heavy atom. The van der Waals surface area contributed by atoms with E-state index in [0.29, 0.717) is 0 Å². The molecule has 0 saturated carbocycles. The van der Waals surface area contributed by atoms with Crippen molar-refractivity contribution in [2.45, 2.75) is 13.1 Å². The Hall–Kier alpha value is -1.10. The maximum absolute atomic E-state index is 5.01. The summed E-state index contributed by atoms with van der Waals surface area (Å²) >= 11 is 1.80. The van der Waals surface area contributed by atoms with Crippen LogP contribution in [-0.2, 0) is 17.8 Å². The quantitative estimate of drug-likeness (QED) is 0.763. The van der Waals surface area contributed by atoms with Crippen LogP contribution in [-0.4, -0.2) is 24.8 Å². The molecule has 17 heavy (non-hydrogen) atoms. The summed E-state index contributed by atoms with van der Waals surface area (Å²) in [4.78, 5) is 1.39. The molecule has 0 radical (unpaired) electrons. The van der Waals surface area contributed by atoms with Crippen LogP contribution in [0.25, 0.3) is 0 Å². The van der Waals surface area contributed by atoms with E-state index < -0.39 is 0 Å². The highest BCUT2D eigenvalue weighted by atomic mass is 32.1. The normalized spacial score (nSPS) is 10.9. The highest BCUT2D eigenvalue weighted by molar-refractivity contribution is 7.09. The fourth-order valence-electron chi connectivity index (χ4n) is 1.73. The number of nitrogens with zero attached hydrogens (tertiary/aromatic N) is 1. The second kappa shape index (κ2) is 6.59. The van der Waals surface area contributed by atoms with Gasteiger partial charge in [0, 0.05) is 37.0 Å². The first-order chi connectivity index (χ1) is 8.40. The fraction of sp³-hybridized carbons (Fsp3) is 0.385. The first kappa shape index (κ1) is 12.4. The van der Waals surface area contributed by atoms with Crippen molar-refractivity contribution in [2.24, 2.45) is 0 Å². The SMILES string of the molecule is COCCNCc1cccn1Cc1cccs1. The van der Waals surface area contributed by atoms with Crippen LogP contribution in [0.4, 0.5) is 0 Å². The predicted molar refractivity (Wildman–Crippen MR) is 71.4 cm³/mol. The predicted octanol–water partition coefficient (Wildman–Crippen LogP) is 2.33. The van der Waals surface area contributed by atoms with Crippen LogP contribution in [0.1, 0.15) is 10.6 Å². The molecule has 92 valence electrons. The van der Waals surface area contributed by atoms with Crippen LogP contribution < -0.4 is 5.32 Å². The summed E-state index contributed by atoms with van der Waals surface area (Å²) in [5, 5.41) is 5.49. The highest BCUT2D eigenvalue weighted by Crippen LogP contribution is 2.12. The molecule has 0 fully saturated rings. The second-order valence-corrected chi connectivity index (χ2v) is 4.91. The third-order valence-corrected chi connectivity index (χ3v) is 3.48. The third-order valence-electron chi connectivity index (χ3n) is 2.62. The standard InChI is InChI=1S/C13H18N2OS/c1-16-8-6-14-10-12-4-2-7-15(12)11-13-5-3-9-17-13/h2-5,7,9,14H,6,8,10-11H2,1H3. The van der Waals surface area contributed by atoms with Gasteiger partial charge in [0.15, 0.2) is 0 Å². The number of thiophene rings is 1. The summed E-state index contributed by atoms with van der Waals surface area (Å²) in [6.07, 6.45) is 2.13. The molecular formula is C13H18N2OS. The molecule has 0 aliphatic heterocycles. The molecule has 2 rings (SSSR count). The molecule has 0 aliphatic carbocycles. The topological polar surface area (TPSA) is 26.2 Å². The minimum absolute atomic E-state index is 0.756. The smallest absolute Gasteiger partial charge is 0.0587 e. The average Bonchev–Trinajstić information content (AvgIpc) is 2.97. The largest absolute Gasteiger partial charge is 0.383 e. The summed E-state index contributed by atoms with van der Waals surface area (Å²) in [5.41, 5.74) is 1.31. The average molecular weight is 250 g/mol. The van der Waals surface area contributed by atoms with Gasteiger partial charge in [-0.05, 0) is 23.6 Å². The monoisotopic (exact) mass is 250 g/mol. The zero-order valence-electron chi connectivity index (χ0n) is 10.1. The van der Waals surface area contributed by atoms with Crippen molar-refractivity contribution >= 4 is 11.3 Å². The molecule has 2 heterocycles. The third kappa shape index (κ3) is 3.70. The Kier molecular flexibility index (Phi) is 4.79. The van der Waals surface area contributed by atoms with Crippen molar-refractivity contribution in [1.29, 1.82) is 0 Å². The van der Waals surface area contributed by atoms with Gasteiger partial charge in [-0.1, -0.05) is 6.07 Å². The van der Waals surface area contributed by atoms with E-state index in [0.717, 1.165) is 26.2 Å². The molecule has 0 aliphatic rings. The molecule has 0 saturated heterocycles. The van der Waals surface area contributed by atoms with E-state index in [9.17, 15) is 0 Å². The van der Waals surface area contributed by atoms with E-state index in [-0.39, 0.29) is 0 Å². The summed E-state index contributed by atoms with van der Waals surface area (Å²) in [6, 6.07) is 8.53. The molecule has 2 aromatic rings. The molecule has 1 N–H and O–H groups in total. The van der Waals surface area contributed by atoms with Crippen LogP contribution in [0.2, 0.25) is 0 Å². The van der Waals surface area contributed by atoms with Gasteiger partial charge in [-0.15, -0.1) is 11.3 Å². The first-order valence-electron chi connectivity index (χ1n) is 5.76. The number of hydrogen-bond donors (Lipinski definition) is 1. The van der Waals surface area contributed by atoms with Gasteiger partial charge in [0.1, 0.15) is 0 Å². The lowest BCUT2D eigenvalue weighted by molar-refractivity contribution is 0.199. The number of hydrogen-bond acceptors (Lipinski definition) is 3. The van der Waals surface area contributed by atoms with E-state index in [1.165, 1.54) is 10.6 Å². The number of aromatic nitrogens is 1. The minimum Gasteiger partial charge on any atom is -0.383 e. The van der Waals surface area contributed by atoms with Crippen LogP contribution in [0.15, 0.2) is 35.8 Å². The Morgan fingerprint density at radius 2 is 2.29 bits per heavy atom. The van der Waals surface area contributed by atoms with Gasteiger partial charge >= 0.3 is 0 Å². The summed E-state index contributed by atoms with van der Waals surface area (Å²) in [6.45, 7) is 3.50. The molecule has 0 aromatic carbocycles. The lowest BCUT2D eigenvalue weighted by Crippen LogP contribution is -2.20. The number of nitrogens with one attached hydrogen (secondary N) is 1. The summed E-state index contributed by atoms with van der Waals surface area (Å²) < 4.78 is 7.29. The summed E-state index contributed by atoms with van der Waals surface area (Å²) in [7, 11) is 1.72. The molecule has 0 atom stereocenters. The Labute approximate surface area is 106 Å². The second-order valence-electron chi connectivity index (χ2n) is 3.88.